The molecule has 0 spiro atoms. The van der Waals surface area contributed by atoms with Gasteiger partial charge in [0.1, 0.15) is 18.2 Å². The van der Waals surface area contributed by atoms with Crippen LogP contribution in [0.5, 0.6) is 0 Å². The van der Waals surface area contributed by atoms with Gasteiger partial charge in [-0.1, -0.05) is 32.9 Å². The molecular weight excluding hydrogens is 453 g/mol. The molecule has 34 heavy (non-hydrogen) atoms. The van der Waals surface area contributed by atoms with E-state index < -0.39 is 0 Å². The third kappa shape index (κ3) is 4.99. The Hall–Kier alpha value is -3.20. The molecular formula is C25H28FN5O2S. The standard InChI is InChI=1S/C25H28FN5O2S/c1-25(2,3)23-21-22(17-6-5-7-18(26)12-17)34-15-20(33)31(24(21)30(4)29-23)14-19(32)28-13-16-8-10-27-11-9-16/h5-12,22H,13-15H2,1-4H3,(H,28,32). The van der Waals surface area contributed by atoms with E-state index >= 15 is 0 Å². The maximum Gasteiger partial charge on any atom is 0.240 e. The molecule has 7 nitrogen and oxygen atoms in total. The molecule has 0 saturated heterocycles. The molecule has 2 amide bonds. The number of anilines is 1. The summed E-state index contributed by atoms with van der Waals surface area (Å²) in [5.74, 6) is -0.0506. The number of hydrogen-bond donors (Lipinski definition) is 1. The number of hydrogen-bond acceptors (Lipinski definition) is 5. The van der Waals surface area contributed by atoms with Gasteiger partial charge in [-0.25, -0.2) is 4.39 Å². The Kier molecular flexibility index (Phi) is 6.74. The molecule has 3 heterocycles. The summed E-state index contributed by atoms with van der Waals surface area (Å²) in [4.78, 5) is 31.6. The molecule has 1 unspecified atom stereocenters. The van der Waals surface area contributed by atoms with Crippen LogP contribution in [-0.4, -0.2) is 38.9 Å². The second-order valence-corrected chi connectivity index (χ2v) is 10.4. The minimum Gasteiger partial charge on any atom is -0.350 e. The highest BCUT2D eigenvalue weighted by Gasteiger charge is 2.38. The molecule has 0 radical (unpaired) electrons. The number of carbonyl (C=O) groups is 2. The summed E-state index contributed by atoms with van der Waals surface area (Å²) in [6.45, 7) is 6.39. The molecule has 0 aliphatic carbocycles. The molecule has 3 aromatic rings. The second-order valence-electron chi connectivity index (χ2n) is 9.32. The quantitative estimate of drug-likeness (QED) is 0.601. The van der Waals surface area contributed by atoms with Crippen LogP contribution in [0.25, 0.3) is 0 Å². The predicted molar refractivity (Wildman–Crippen MR) is 131 cm³/mol. The first-order valence-electron chi connectivity index (χ1n) is 11.1. The zero-order valence-corrected chi connectivity index (χ0v) is 20.5. The molecule has 1 aliphatic rings. The van der Waals surface area contributed by atoms with Gasteiger partial charge in [0, 0.05) is 37.0 Å². The van der Waals surface area contributed by atoms with E-state index in [-0.39, 0.29) is 40.6 Å². The van der Waals surface area contributed by atoms with Gasteiger partial charge in [0.25, 0.3) is 0 Å². The monoisotopic (exact) mass is 481 g/mol. The van der Waals surface area contributed by atoms with E-state index in [4.69, 9.17) is 5.10 Å². The summed E-state index contributed by atoms with van der Waals surface area (Å²) in [7, 11) is 1.78. The Morgan fingerprint density at radius 1 is 1.24 bits per heavy atom. The van der Waals surface area contributed by atoms with Gasteiger partial charge in [-0.3, -0.25) is 24.2 Å². The number of pyridine rings is 1. The van der Waals surface area contributed by atoms with E-state index in [0.29, 0.717) is 12.4 Å². The summed E-state index contributed by atoms with van der Waals surface area (Å²) in [6.07, 6.45) is 3.33. The van der Waals surface area contributed by atoms with E-state index in [9.17, 15) is 14.0 Å². The minimum absolute atomic E-state index is 0.129. The van der Waals surface area contributed by atoms with Crippen LogP contribution in [0.4, 0.5) is 10.2 Å². The van der Waals surface area contributed by atoms with E-state index in [0.717, 1.165) is 22.4 Å². The Balaban J connectivity index is 1.72. The highest BCUT2D eigenvalue weighted by atomic mass is 32.2. The lowest BCUT2D eigenvalue weighted by molar-refractivity contribution is -0.123. The largest absolute Gasteiger partial charge is 0.350 e. The van der Waals surface area contributed by atoms with Crippen molar-refractivity contribution in [3.8, 4) is 0 Å². The van der Waals surface area contributed by atoms with E-state index in [1.54, 1.807) is 30.2 Å². The van der Waals surface area contributed by atoms with Crippen LogP contribution in [0.15, 0.2) is 48.8 Å². The fraction of sp³-hybridized carbons (Fsp3) is 0.360. The fourth-order valence-corrected chi connectivity index (χ4v) is 5.27. The number of amides is 2. The first-order chi connectivity index (χ1) is 16.1. The summed E-state index contributed by atoms with van der Waals surface area (Å²) in [5.41, 5.74) is 3.03. The van der Waals surface area contributed by atoms with Crippen molar-refractivity contribution in [3.05, 3.63) is 77.0 Å². The fourth-order valence-electron chi connectivity index (χ4n) is 4.08. The van der Waals surface area contributed by atoms with Gasteiger partial charge in [0.2, 0.25) is 11.8 Å². The normalized spacial score (nSPS) is 16.2. The van der Waals surface area contributed by atoms with Gasteiger partial charge < -0.3 is 5.32 Å². The number of thioether (sulfide) groups is 1. The highest BCUT2D eigenvalue weighted by molar-refractivity contribution is 8.00. The van der Waals surface area contributed by atoms with Crippen LogP contribution in [0.1, 0.15) is 48.4 Å². The molecule has 0 fully saturated rings. The van der Waals surface area contributed by atoms with Gasteiger partial charge in [-0.2, -0.15) is 5.10 Å². The lowest BCUT2D eigenvalue weighted by Gasteiger charge is -2.24. The van der Waals surface area contributed by atoms with Crippen molar-refractivity contribution in [1.82, 2.24) is 20.1 Å². The number of halogens is 1. The Morgan fingerprint density at radius 2 is 1.97 bits per heavy atom. The van der Waals surface area contributed by atoms with Crippen molar-refractivity contribution in [2.24, 2.45) is 7.05 Å². The first-order valence-corrected chi connectivity index (χ1v) is 12.1. The minimum atomic E-state index is -0.330. The molecule has 2 aromatic heterocycles. The molecule has 1 aromatic carbocycles. The smallest absolute Gasteiger partial charge is 0.240 e. The van der Waals surface area contributed by atoms with Crippen LogP contribution in [0.2, 0.25) is 0 Å². The topological polar surface area (TPSA) is 80.1 Å². The predicted octanol–water partition coefficient (Wildman–Crippen LogP) is 3.74. The summed E-state index contributed by atoms with van der Waals surface area (Å²) in [5, 5.41) is 7.35. The van der Waals surface area contributed by atoms with Crippen molar-refractivity contribution in [3.63, 3.8) is 0 Å². The van der Waals surface area contributed by atoms with Gasteiger partial charge in [0.05, 0.1) is 16.7 Å². The highest BCUT2D eigenvalue weighted by Crippen LogP contribution is 2.47. The van der Waals surface area contributed by atoms with Crippen molar-refractivity contribution in [2.75, 3.05) is 17.2 Å². The maximum atomic E-state index is 14.1. The van der Waals surface area contributed by atoms with Crippen molar-refractivity contribution >= 4 is 29.4 Å². The molecule has 0 bridgehead atoms. The number of rotatable bonds is 5. The third-order valence-corrected chi connectivity index (χ3v) is 6.90. The van der Waals surface area contributed by atoms with Crippen molar-refractivity contribution in [1.29, 1.82) is 0 Å². The summed E-state index contributed by atoms with van der Waals surface area (Å²) < 4.78 is 15.8. The number of carbonyl (C=O) groups excluding carboxylic acids is 2. The lowest BCUT2D eigenvalue weighted by atomic mass is 9.87. The van der Waals surface area contributed by atoms with Crippen LogP contribution in [0, 0.1) is 5.82 Å². The van der Waals surface area contributed by atoms with E-state index in [1.807, 2.05) is 18.2 Å². The summed E-state index contributed by atoms with van der Waals surface area (Å²) >= 11 is 1.43. The van der Waals surface area contributed by atoms with Gasteiger partial charge in [0.15, 0.2) is 0 Å². The third-order valence-electron chi connectivity index (χ3n) is 5.65. The Bertz CT molecular complexity index is 1210. The number of fused-ring (bicyclic) bond motifs is 1. The molecule has 9 heteroatoms. The number of aryl methyl sites for hydroxylation is 1. The molecule has 1 atom stereocenters. The Labute approximate surface area is 202 Å². The van der Waals surface area contributed by atoms with Crippen LogP contribution >= 0.6 is 11.8 Å². The molecule has 0 saturated carbocycles. The second kappa shape index (κ2) is 9.58. The SMILES string of the molecule is Cn1nc(C(C)(C)C)c2c1N(CC(=O)NCc1ccncc1)C(=O)CSC2c1cccc(F)c1. The zero-order valence-electron chi connectivity index (χ0n) is 19.7. The van der Waals surface area contributed by atoms with Gasteiger partial charge >= 0.3 is 0 Å². The maximum absolute atomic E-state index is 14.1. The van der Waals surface area contributed by atoms with Crippen LogP contribution in [0.3, 0.4) is 0 Å². The van der Waals surface area contributed by atoms with E-state index in [1.165, 1.54) is 28.8 Å². The van der Waals surface area contributed by atoms with Crippen LogP contribution in [-0.2, 0) is 28.6 Å². The number of benzene rings is 1. The number of aromatic nitrogens is 3. The van der Waals surface area contributed by atoms with E-state index in [2.05, 4.69) is 31.1 Å². The lowest BCUT2D eigenvalue weighted by Crippen LogP contribution is -2.42. The van der Waals surface area contributed by atoms with Crippen molar-refractivity contribution < 1.29 is 14.0 Å². The van der Waals surface area contributed by atoms with Gasteiger partial charge in [-0.05, 0) is 35.4 Å². The summed E-state index contributed by atoms with van der Waals surface area (Å²) in [6, 6.07) is 10.1. The number of nitrogens with one attached hydrogen (secondary N) is 1. The zero-order chi connectivity index (χ0) is 24.5. The van der Waals surface area contributed by atoms with Gasteiger partial charge in [-0.15, -0.1) is 11.8 Å². The van der Waals surface area contributed by atoms with Crippen molar-refractivity contribution in [2.45, 2.75) is 38.0 Å². The average molecular weight is 482 g/mol. The molecule has 1 N–H and O–H groups in total. The van der Waals surface area contributed by atoms with Crippen LogP contribution < -0.4 is 10.2 Å². The molecule has 4 rings (SSSR count). The Morgan fingerprint density at radius 3 is 2.65 bits per heavy atom. The molecule has 178 valence electrons. The average Bonchev–Trinajstić information content (AvgIpc) is 3.06. The first kappa shape index (κ1) is 23.9. The number of nitrogens with zero attached hydrogens (tertiary/aromatic N) is 4. The molecule has 1 aliphatic heterocycles.